The number of nitrogens with zero attached hydrogens (tertiary/aromatic N) is 2. The highest BCUT2D eigenvalue weighted by Gasteiger charge is 2.26. The number of para-hydroxylation sites is 1. The minimum Gasteiger partial charge on any atom is -0.481 e. The Labute approximate surface area is 157 Å². The molecule has 6 heteroatoms. The highest BCUT2D eigenvalue weighted by atomic mass is 35.5. The van der Waals surface area contributed by atoms with E-state index in [1.54, 1.807) is 25.1 Å². The van der Waals surface area contributed by atoms with Crippen molar-refractivity contribution in [2.75, 3.05) is 31.1 Å². The van der Waals surface area contributed by atoms with Crippen LogP contribution in [0.2, 0.25) is 10.0 Å². The van der Waals surface area contributed by atoms with Crippen molar-refractivity contribution in [2.24, 2.45) is 0 Å². The molecule has 1 heterocycles. The minimum absolute atomic E-state index is 0.0243. The Morgan fingerprint density at radius 1 is 1.00 bits per heavy atom. The minimum atomic E-state index is -0.585. The van der Waals surface area contributed by atoms with Gasteiger partial charge in [-0.25, -0.2) is 0 Å². The molecule has 3 rings (SSSR count). The lowest BCUT2D eigenvalue weighted by Crippen LogP contribution is -2.52. The molecule has 0 spiro atoms. The molecule has 0 N–H and O–H groups in total. The fourth-order valence-corrected chi connectivity index (χ4v) is 3.44. The third kappa shape index (κ3) is 4.59. The lowest BCUT2D eigenvalue weighted by atomic mass is 10.2. The first kappa shape index (κ1) is 17.9. The summed E-state index contributed by atoms with van der Waals surface area (Å²) in [6, 6.07) is 15.2. The van der Waals surface area contributed by atoms with Crippen LogP contribution in [-0.2, 0) is 4.79 Å². The van der Waals surface area contributed by atoms with Gasteiger partial charge in [-0.1, -0.05) is 41.4 Å². The summed E-state index contributed by atoms with van der Waals surface area (Å²) < 4.78 is 5.73. The van der Waals surface area contributed by atoms with Gasteiger partial charge in [-0.05, 0) is 37.3 Å². The summed E-state index contributed by atoms with van der Waals surface area (Å²) in [4.78, 5) is 16.8. The van der Waals surface area contributed by atoms with E-state index < -0.39 is 6.10 Å². The van der Waals surface area contributed by atoms with Gasteiger partial charge in [0.2, 0.25) is 0 Å². The molecule has 25 heavy (non-hydrogen) atoms. The van der Waals surface area contributed by atoms with E-state index in [9.17, 15) is 4.79 Å². The maximum atomic E-state index is 12.6. The number of halogens is 2. The van der Waals surface area contributed by atoms with E-state index in [1.807, 2.05) is 23.1 Å². The van der Waals surface area contributed by atoms with E-state index in [-0.39, 0.29) is 5.91 Å². The van der Waals surface area contributed by atoms with Crippen molar-refractivity contribution in [3.05, 3.63) is 58.6 Å². The molecule has 2 aromatic rings. The monoisotopic (exact) mass is 378 g/mol. The summed E-state index contributed by atoms with van der Waals surface area (Å²) in [5.41, 5.74) is 1.19. The van der Waals surface area contributed by atoms with Gasteiger partial charge in [0.15, 0.2) is 6.10 Å². The molecule has 0 aliphatic carbocycles. The smallest absolute Gasteiger partial charge is 0.263 e. The van der Waals surface area contributed by atoms with Gasteiger partial charge in [-0.15, -0.1) is 0 Å². The number of carbonyl (C=O) groups excluding carboxylic acids is 1. The number of piperazine rings is 1. The van der Waals surface area contributed by atoms with E-state index in [1.165, 1.54) is 5.69 Å². The first-order chi connectivity index (χ1) is 12.0. The van der Waals surface area contributed by atoms with Gasteiger partial charge in [0, 0.05) is 41.9 Å². The molecule has 2 aromatic carbocycles. The standard InChI is InChI=1S/C19H20Cl2N2O2/c1-14(25-18-12-15(20)11-16(21)13-18)19(24)23-9-7-22(8-10-23)17-5-3-2-4-6-17/h2-6,11-14H,7-10H2,1H3. The van der Waals surface area contributed by atoms with Crippen molar-refractivity contribution in [3.63, 3.8) is 0 Å². The van der Waals surface area contributed by atoms with Crippen LogP contribution in [0.4, 0.5) is 5.69 Å². The third-order valence-electron chi connectivity index (χ3n) is 4.21. The summed E-state index contributed by atoms with van der Waals surface area (Å²) in [5, 5.41) is 0.970. The van der Waals surface area contributed by atoms with E-state index in [0.29, 0.717) is 28.9 Å². The van der Waals surface area contributed by atoms with Crippen LogP contribution in [-0.4, -0.2) is 43.1 Å². The van der Waals surface area contributed by atoms with Crippen LogP contribution in [0.3, 0.4) is 0 Å². The van der Waals surface area contributed by atoms with Gasteiger partial charge in [0.25, 0.3) is 5.91 Å². The van der Waals surface area contributed by atoms with Crippen molar-refractivity contribution in [1.82, 2.24) is 4.90 Å². The Hall–Kier alpha value is -1.91. The van der Waals surface area contributed by atoms with E-state index in [2.05, 4.69) is 17.0 Å². The Morgan fingerprint density at radius 3 is 2.20 bits per heavy atom. The van der Waals surface area contributed by atoms with Gasteiger partial charge < -0.3 is 14.5 Å². The van der Waals surface area contributed by atoms with Crippen LogP contribution in [0, 0.1) is 0 Å². The van der Waals surface area contributed by atoms with Crippen molar-refractivity contribution in [2.45, 2.75) is 13.0 Å². The second kappa shape index (κ2) is 7.98. The van der Waals surface area contributed by atoms with Gasteiger partial charge in [0.1, 0.15) is 5.75 Å². The predicted molar refractivity (Wildman–Crippen MR) is 102 cm³/mol. The maximum Gasteiger partial charge on any atom is 0.263 e. The Morgan fingerprint density at radius 2 is 1.60 bits per heavy atom. The Balaban J connectivity index is 1.56. The molecule has 1 saturated heterocycles. The molecule has 0 bridgehead atoms. The molecule has 0 aromatic heterocycles. The lowest BCUT2D eigenvalue weighted by Gasteiger charge is -2.37. The first-order valence-electron chi connectivity index (χ1n) is 8.24. The molecule has 1 atom stereocenters. The van der Waals surface area contributed by atoms with Crippen molar-refractivity contribution < 1.29 is 9.53 Å². The Bertz CT molecular complexity index is 711. The van der Waals surface area contributed by atoms with Crippen molar-refractivity contribution in [3.8, 4) is 5.75 Å². The molecule has 1 unspecified atom stereocenters. The zero-order valence-electron chi connectivity index (χ0n) is 14.0. The maximum absolute atomic E-state index is 12.6. The molecule has 1 fully saturated rings. The summed E-state index contributed by atoms with van der Waals surface area (Å²) in [6.07, 6.45) is -0.585. The number of carbonyl (C=O) groups is 1. The highest BCUT2D eigenvalue weighted by molar-refractivity contribution is 6.34. The summed E-state index contributed by atoms with van der Waals surface area (Å²) >= 11 is 11.9. The van der Waals surface area contributed by atoms with Crippen LogP contribution < -0.4 is 9.64 Å². The SMILES string of the molecule is CC(Oc1cc(Cl)cc(Cl)c1)C(=O)N1CCN(c2ccccc2)CC1. The molecule has 4 nitrogen and oxygen atoms in total. The lowest BCUT2D eigenvalue weighted by molar-refractivity contribution is -0.138. The Kier molecular flexibility index (Phi) is 5.71. The predicted octanol–water partition coefficient (Wildman–Crippen LogP) is 4.11. The zero-order valence-corrected chi connectivity index (χ0v) is 15.5. The zero-order chi connectivity index (χ0) is 17.8. The summed E-state index contributed by atoms with van der Waals surface area (Å²) in [7, 11) is 0. The van der Waals surface area contributed by atoms with Gasteiger partial charge in [-0.3, -0.25) is 4.79 Å². The van der Waals surface area contributed by atoms with Crippen LogP contribution in [0.5, 0.6) is 5.75 Å². The van der Waals surface area contributed by atoms with E-state index in [4.69, 9.17) is 27.9 Å². The number of benzene rings is 2. The van der Waals surface area contributed by atoms with Gasteiger partial charge in [-0.2, -0.15) is 0 Å². The number of anilines is 1. The van der Waals surface area contributed by atoms with Gasteiger partial charge in [0.05, 0.1) is 0 Å². The molecular weight excluding hydrogens is 359 g/mol. The molecule has 0 saturated carbocycles. The molecule has 1 aliphatic heterocycles. The average Bonchev–Trinajstić information content (AvgIpc) is 2.61. The van der Waals surface area contributed by atoms with Crippen LogP contribution in [0.15, 0.2) is 48.5 Å². The van der Waals surface area contributed by atoms with E-state index in [0.717, 1.165) is 13.1 Å². The quantitative estimate of drug-likeness (QED) is 0.802. The number of ether oxygens (including phenoxy) is 1. The van der Waals surface area contributed by atoms with Crippen molar-refractivity contribution in [1.29, 1.82) is 0 Å². The van der Waals surface area contributed by atoms with Crippen LogP contribution in [0.1, 0.15) is 6.92 Å². The fourth-order valence-electron chi connectivity index (χ4n) is 2.93. The number of rotatable bonds is 4. The van der Waals surface area contributed by atoms with E-state index >= 15 is 0 Å². The largest absolute Gasteiger partial charge is 0.481 e. The second-order valence-electron chi connectivity index (χ2n) is 6.01. The molecular formula is C19H20Cl2N2O2. The number of amides is 1. The number of hydrogen-bond acceptors (Lipinski definition) is 3. The normalized spacial score (nSPS) is 15.8. The topological polar surface area (TPSA) is 32.8 Å². The molecule has 1 amide bonds. The fraction of sp³-hybridized carbons (Fsp3) is 0.316. The second-order valence-corrected chi connectivity index (χ2v) is 6.89. The average molecular weight is 379 g/mol. The summed E-state index contributed by atoms with van der Waals surface area (Å²) in [5.74, 6) is 0.477. The van der Waals surface area contributed by atoms with Crippen LogP contribution in [0.25, 0.3) is 0 Å². The number of hydrogen-bond donors (Lipinski definition) is 0. The van der Waals surface area contributed by atoms with Gasteiger partial charge >= 0.3 is 0 Å². The first-order valence-corrected chi connectivity index (χ1v) is 9.00. The third-order valence-corrected chi connectivity index (χ3v) is 4.65. The molecule has 132 valence electrons. The molecule has 1 aliphatic rings. The van der Waals surface area contributed by atoms with Crippen LogP contribution >= 0.6 is 23.2 Å². The highest BCUT2D eigenvalue weighted by Crippen LogP contribution is 2.25. The van der Waals surface area contributed by atoms with Crippen molar-refractivity contribution >= 4 is 34.8 Å². The molecule has 0 radical (unpaired) electrons. The summed E-state index contributed by atoms with van der Waals surface area (Å²) in [6.45, 7) is 4.73.